The van der Waals surface area contributed by atoms with E-state index in [4.69, 9.17) is 9.47 Å². The number of rotatable bonds is 5. The molecule has 1 aliphatic heterocycles. The van der Waals surface area contributed by atoms with Crippen molar-refractivity contribution in [1.82, 2.24) is 5.32 Å². The summed E-state index contributed by atoms with van der Waals surface area (Å²) in [5.74, 6) is -0.910. The Kier molecular flexibility index (Phi) is 5.90. The molecule has 0 saturated carbocycles. The zero-order valence-electron chi connectivity index (χ0n) is 13.9. The second kappa shape index (κ2) is 8.16. The fraction of sp³-hybridized carbons (Fsp3) is 0.368. The summed E-state index contributed by atoms with van der Waals surface area (Å²) in [5.41, 5.74) is 0.241. The highest BCUT2D eigenvalue weighted by atomic mass is 19.4. The SMILES string of the molecule is Fc1cc(CCO[C@@H]2OCCN[C@H]2c2ccccc2)cc(C(F)(F)F)c1. The van der Waals surface area contributed by atoms with Gasteiger partial charge in [-0.3, -0.25) is 0 Å². The lowest BCUT2D eigenvalue weighted by Gasteiger charge is -2.33. The van der Waals surface area contributed by atoms with Gasteiger partial charge >= 0.3 is 6.18 Å². The summed E-state index contributed by atoms with van der Waals surface area (Å²) in [6, 6.07) is 12.0. The van der Waals surface area contributed by atoms with Crippen LogP contribution in [0.3, 0.4) is 0 Å². The van der Waals surface area contributed by atoms with E-state index >= 15 is 0 Å². The van der Waals surface area contributed by atoms with Crippen LogP contribution in [0.25, 0.3) is 0 Å². The summed E-state index contributed by atoms with van der Waals surface area (Å²) in [6.45, 7) is 1.28. The van der Waals surface area contributed by atoms with E-state index in [-0.39, 0.29) is 24.6 Å². The fourth-order valence-electron chi connectivity index (χ4n) is 2.91. The molecule has 0 spiro atoms. The van der Waals surface area contributed by atoms with Gasteiger partial charge in [0.05, 0.1) is 24.8 Å². The molecule has 2 aromatic carbocycles. The Morgan fingerprint density at radius 3 is 2.62 bits per heavy atom. The number of alkyl halides is 3. The lowest BCUT2D eigenvalue weighted by atomic mass is 10.1. The molecule has 0 radical (unpaired) electrons. The summed E-state index contributed by atoms with van der Waals surface area (Å²) < 4.78 is 63.1. The first-order valence-electron chi connectivity index (χ1n) is 8.32. The van der Waals surface area contributed by atoms with Gasteiger partial charge in [0.15, 0.2) is 6.29 Å². The predicted octanol–water partition coefficient (Wildman–Crippen LogP) is 4.09. The lowest BCUT2D eigenvalue weighted by Crippen LogP contribution is -2.43. The maximum atomic E-state index is 13.4. The molecule has 26 heavy (non-hydrogen) atoms. The van der Waals surface area contributed by atoms with Crippen LogP contribution in [0.15, 0.2) is 48.5 Å². The summed E-state index contributed by atoms with van der Waals surface area (Å²) in [6.07, 6.45) is -4.98. The fourth-order valence-corrected chi connectivity index (χ4v) is 2.91. The number of benzene rings is 2. The summed E-state index contributed by atoms with van der Waals surface area (Å²) in [4.78, 5) is 0. The maximum absolute atomic E-state index is 13.4. The number of ether oxygens (including phenoxy) is 2. The van der Waals surface area contributed by atoms with E-state index in [0.717, 1.165) is 17.7 Å². The molecule has 3 nitrogen and oxygen atoms in total. The van der Waals surface area contributed by atoms with E-state index in [1.807, 2.05) is 30.3 Å². The van der Waals surface area contributed by atoms with Gasteiger partial charge in [0, 0.05) is 6.54 Å². The van der Waals surface area contributed by atoms with Crippen molar-refractivity contribution in [3.8, 4) is 0 Å². The van der Waals surface area contributed by atoms with Crippen LogP contribution in [0.4, 0.5) is 17.6 Å². The molecule has 3 rings (SSSR count). The highest BCUT2D eigenvalue weighted by Gasteiger charge is 2.31. The molecule has 0 bridgehead atoms. The lowest BCUT2D eigenvalue weighted by molar-refractivity contribution is -0.176. The smallest absolute Gasteiger partial charge is 0.350 e. The van der Waals surface area contributed by atoms with E-state index in [9.17, 15) is 17.6 Å². The molecule has 2 aromatic rings. The minimum absolute atomic E-state index is 0.121. The topological polar surface area (TPSA) is 30.5 Å². The van der Waals surface area contributed by atoms with Crippen LogP contribution in [0.5, 0.6) is 0 Å². The average molecular weight is 369 g/mol. The van der Waals surface area contributed by atoms with Gasteiger partial charge < -0.3 is 14.8 Å². The Bertz CT molecular complexity index is 721. The van der Waals surface area contributed by atoms with Crippen molar-refractivity contribution in [2.75, 3.05) is 19.8 Å². The number of morpholine rings is 1. The van der Waals surface area contributed by atoms with Gasteiger partial charge in [-0.2, -0.15) is 13.2 Å². The minimum atomic E-state index is -4.58. The van der Waals surface area contributed by atoms with Crippen molar-refractivity contribution >= 4 is 0 Å². The zero-order valence-corrected chi connectivity index (χ0v) is 13.9. The summed E-state index contributed by atoms with van der Waals surface area (Å²) >= 11 is 0. The Balaban J connectivity index is 1.62. The van der Waals surface area contributed by atoms with Crippen LogP contribution in [-0.2, 0) is 22.1 Å². The van der Waals surface area contributed by atoms with Gasteiger partial charge in [-0.15, -0.1) is 0 Å². The number of hydrogen-bond donors (Lipinski definition) is 1. The van der Waals surface area contributed by atoms with Gasteiger partial charge in [0.1, 0.15) is 5.82 Å². The summed E-state index contributed by atoms with van der Waals surface area (Å²) in [5, 5.41) is 3.31. The van der Waals surface area contributed by atoms with Gasteiger partial charge in [-0.05, 0) is 35.7 Å². The monoisotopic (exact) mass is 369 g/mol. The highest BCUT2D eigenvalue weighted by molar-refractivity contribution is 5.27. The van der Waals surface area contributed by atoms with Crippen LogP contribution in [0, 0.1) is 5.82 Å². The van der Waals surface area contributed by atoms with E-state index in [1.54, 1.807) is 0 Å². The molecule has 1 heterocycles. The summed E-state index contributed by atoms with van der Waals surface area (Å²) in [7, 11) is 0. The van der Waals surface area contributed by atoms with E-state index in [1.165, 1.54) is 0 Å². The average Bonchev–Trinajstić information content (AvgIpc) is 2.62. The van der Waals surface area contributed by atoms with Crippen molar-refractivity contribution in [1.29, 1.82) is 0 Å². The molecule has 7 heteroatoms. The number of nitrogens with one attached hydrogen (secondary N) is 1. The highest BCUT2D eigenvalue weighted by Crippen LogP contribution is 2.30. The van der Waals surface area contributed by atoms with Crippen LogP contribution in [0.1, 0.15) is 22.7 Å². The minimum Gasteiger partial charge on any atom is -0.350 e. The van der Waals surface area contributed by atoms with E-state index in [2.05, 4.69) is 5.32 Å². The Labute approximate surface area is 148 Å². The van der Waals surface area contributed by atoms with Crippen LogP contribution >= 0.6 is 0 Å². The second-order valence-corrected chi connectivity index (χ2v) is 6.05. The Hall–Kier alpha value is -1.96. The van der Waals surface area contributed by atoms with Crippen molar-refractivity contribution in [2.24, 2.45) is 0 Å². The molecule has 0 unspecified atom stereocenters. The first-order valence-corrected chi connectivity index (χ1v) is 8.32. The quantitative estimate of drug-likeness (QED) is 0.806. The van der Waals surface area contributed by atoms with Gasteiger partial charge in [0.25, 0.3) is 0 Å². The zero-order chi connectivity index (χ0) is 18.6. The standard InChI is InChI=1S/C19H19F4NO2/c20-16-11-13(10-15(12-16)19(21,22)23)6-8-25-18-17(24-7-9-26-18)14-4-2-1-3-5-14/h1-5,10-12,17-18,24H,6-9H2/t17-,18+/m0/s1. The number of halogens is 4. The van der Waals surface area contributed by atoms with Crippen LogP contribution < -0.4 is 5.32 Å². The molecule has 1 saturated heterocycles. The first kappa shape index (κ1) is 18.8. The van der Waals surface area contributed by atoms with Gasteiger partial charge in [-0.1, -0.05) is 30.3 Å². The molecule has 1 N–H and O–H groups in total. The second-order valence-electron chi connectivity index (χ2n) is 6.05. The van der Waals surface area contributed by atoms with Gasteiger partial charge in [-0.25, -0.2) is 4.39 Å². The van der Waals surface area contributed by atoms with Gasteiger partial charge in [0.2, 0.25) is 0 Å². The first-order chi connectivity index (χ1) is 12.4. The molecule has 1 fully saturated rings. The third kappa shape index (κ3) is 4.81. The van der Waals surface area contributed by atoms with Crippen LogP contribution in [-0.4, -0.2) is 26.0 Å². The van der Waals surface area contributed by atoms with Crippen molar-refractivity contribution in [3.05, 3.63) is 71.0 Å². The molecule has 0 aromatic heterocycles. The van der Waals surface area contributed by atoms with Crippen molar-refractivity contribution in [3.63, 3.8) is 0 Å². The predicted molar refractivity (Wildman–Crippen MR) is 88.0 cm³/mol. The molecular formula is C19H19F4NO2. The van der Waals surface area contributed by atoms with E-state index in [0.29, 0.717) is 19.2 Å². The molecule has 0 amide bonds. The molecule has 1 aliphatic rings. The largest absolute Gasteiger partial charge is 0.416 e. The normalized spacial score (nSPS) is 20.9. The molecule has 140 valence electrons. The van der Waals surface area contributed by atoms with Crippen LogP contribution in [0.2, 0.25) is 0 Å². The van der Waals surface area contributed by atoms with Crippen molar-refractivity contribution in [2.45, 2.75) is 24.9 Å². The Morgan fingerprint density at radius 2 is 1.88 bits per heavy atom. The third-order valence-corrected chi connectivity index (χ3v) is 4.14. The number of hydrogen-bond acceptors (Lipinski definition) is 3. The maximum Gasteiger partial charge on any atom is 0.416 e. The Morgan fingerprint density at radius 1 is 1.12 bits per heavy atom. The molecule has 0 aliphatic carbocycles. The molecular weight excluding hydrogens is 350 g/mol. The third-order valence-electron chi connectivity index (χ3n) is 4.14. The van der Waals surface area contributed by atoms with E-state index < -0.39 is 23.8 Å². The van der Waals surface area contributed by atoms with Crippen molar-refractivity contribution < 1.29 is 27.0 Å². The molecule has 2 atom stereocenters.